The first-order valence-electron chi connectivity index (χ1n) is 8.83. The minimum absolute atomic E-state index is 0. The van der Waals surface area contributed by atoms with E-state index in [0.29, 0.717) is 11.6 Å². The van der Waals surface area contributed by atoms with Gasteiger partial charge in [0, 0.05) is 71.3 Å². The Kier molecular flexibility index (Phi) is 9.59. The molecule has 1 heterocycles. The standard InChI is InChI=1S/C21H24N2P.2Y/c1-24-18-14-8-13-17(18)21-22-19(15-9-4-2-5-10-15)20(23-21)16-11-6-3-7-12-16;;/h2-7,9-12,17-20,24H,1,8,13-14H2,(H,22,23);;/q-1;;/t17?,18?,19-,20-;;/m1../s1. The Bertz CT molecular complexity index is 708. The molecule has 2 radical (unpaired) electrons. The molecular weight excluding hydrogens is 489 g/mol. The van der Waals surface area contributed by atoms with Gasteiger partial charge in [-0.3, -0.25) is 13.6 Å². The van der Waals surface area contributed by atoms with Crippen LogP contribution in [0.15, 0.2) is 65.7 Å². The average Bonchev–Trinajstić information content (AvgIpc) is 3.29. The fourth-order valence-corrected chi connectivity index (χ4v) is 5.09. The summed E-state index contributed by atoms with van der Waals surface area (Å²) in [5.41, 5.74) is 3.32. The summed E-state index contributed by atoms with van der Waals surface area (Å²) >= 11 is 0. The molecular formula is C21H24N2PY2-. The maximum atomic E-state index is 5.18. The van der Waals surface area contributed by atoms with Gasteiger partial charge in [0.15, 0.2) is 0 Å². The number of nitrogens with one attached hydrogen (secondary N) is 1. The van der Waals surface area contributed by atoms with E-state index in [2.05, 4.69) is 72.6 Å². The van der Waals surface area contributed by atoms with Crippen LogP contribution in [0.3, 0.4) is 0 Å². The molecule has 5 heteroatoms. The van der Waals surface area contributed by atoms with E-state index >= 15 is 0 Å². The summed E-state index contributed by atoms with van der Waals surface area (Å²) in [6, 6.07) is 21.8. The van der Waals surface area contributed by atoms with E-state index in [9.17, 15) is 0 Å². The number of rotatable bonds is 4. The van der Waals surface area contributed by atoms with Crippen LogP contribution in [-0.2, 0) is 65.4 Å². The Hall–Kier alpha value is 0.548. The Labute approximate surface area is 209 Å². The summed E-state index contributed by atoms with van der Waals surface area (Å²) in [6.45, 7) is 4.19. The molecule has 4 rings (SSSR count). The number of hydrogen-bond acceptors (Lipinski definition) is 2. The maximum absolute atomic E-state index is 5.18. The first kappa shape index (κ1) is 22.8. The predicted molar refractivity (Wildman–Crippen MR) is 104 cm³/mol. The van der Waals surface area contributed by atoms with Crippen LogP contribution in [0.5, 0.6) is 0 Å². The third kappa shape index (κ3) is 4.93. The van der Waals surface area contributed by atoms with E-state index in [-0.39, 0.29) is 77.5 Å². The molecule has 0 saturated heterocycles. The Balaban J connectivity index is 0.00000121. The average molecular weight is 513 g/mol. The number of aliphatic imine (C=N–C) groups is 1. The van der Waals surface area contributed by atoms with Crippen molar-refractivity contribution in [1.29, 1.82) is 0 Å². The number of hydrogen-bond donors (Lipinski definition) is 1. The van der Waals surface area contributed by atoms with Crippen molar-refractivity contribution in [2.45, 2.75) is 37.0 Å². The molecule has 3 unspecified atom stereocenters. The smallest absolute Gasteiger partial charge is 0.101 e. The second-order valence-electron chi connectivity index (χ2n) is 6.75. The van der Waals surface area contributed by atoms with Crippen molar-refractivity contribution in [2.75, 3.05) is 0 Å². The SMILES string of the molecule is [CH2-]PC1CCCC1C1=N[C@H](c2ccccc2)[C@@H](c2ccccc2)N1.[Y].[Y]. The molecule has 26 heavy (non-hydrogen) atoms. The van der Waals surface area contributed by atoms with Gasteiger partial charge in [-0.05, 0) is 29.6 Å². The van der Waals surface area contributed by atoms with Crippen molar-refractivity contribution in [3.05, 3.63) is 78.5 Å². The van der Waals surface area contributed by atoms with Crippen molar-refractivity contribution in [2.24, 2.45) is 10.9 Å². The van der Waals surface area contributed by atoms with Gasteiger partial charge in [-0.25, -0.2) is 0 Å². The summed E-state index contributed by atoms with van der Waals surface area (Å²) in [5.74, 6) is 1.79. The van der Waals surface area contributed by atoms with Gasteiger partial charge in [0.2, 0.25) is 0 Å². The Morgan fingerprint density at radius 2 is 1.50 bits per heavy atom. The Morgan fingerprint density at radius 3 is 2.12 bits per heavy atom. The normalized spacial score (nSPS) is 27.5. The van der Waals surface area contributed by atoms with Gasteiger partial charge >= 0.3 is 0 Å². The second kappa shape index (κ2) is 10.9. The third-order valence-corrected chi connectivity index (χ3v) is 6.54. The van der Waals surface area contributed by atoms with Gasteiger partial charge in [0.25, 0.3) is 0 Å². The van der Waals surface area contributed by atoms with Crippen molar-refractivity contribution >= 4 is 14.4 Å². The van der Waals surface area contributed by atoms with Crippen LogP contribution in [0.4, 0.5) is 0 Å². The van der Waals surface area contributed by atoms with Gasteiger partial charge in [-0.15, -0.1) is 0 Å². The molecule has 2 aromatic carbocycles. The molecule has 5 atom stereocenters. The van der Waals surface area contributed by atoms with Crippen LogP contribution < -0.4 is 5.32 Å². The molecule has 0 aromatic heterocycles. The summed E-state index contributed by atoms with van der Waals surface area (Å²) in [5, 5.41) is 3.79. The maximum Gasteiger partial charge on any atom is 0.101 e. The van der Waals surface area contributed by atoms with Gasteiger partial charge < -0.3 is 12.0 Å². The zero-order chi connectivity index (χ0) is 16.4. The molecule has 1 saturated carbocycles. The van der Waals surface area contributed by atoms with Crippen molar-refractivity contribution in [3.63, 3.8) is 0 Å². The fraction of sp³-hybridized carbons (Fsp3) is 0.333. The van der Waals surface area contributed by atoms with Crippen LogP contribution in [0.25, 0.3) is 0 Å². The van der Waals surface area contributed by atoms with Crippen LogP contribution in [-0.4, -0.2) is 11.5 Å². The van der Waals surface area contributed by atoms with Crippen LogP contribution in [0.2, 0.25) is 0 Å². The van der Waals surface area contributed by atoms with E-state index in [1.54, 1.807) is 0 Å². The molecule has 0 amide bonds. The first-order valence-corrected chi connectivity index (χ1v) is 10.1. The monoisotopic (exact) mass is 513 g/mol. The van der Waals surface area contributed by atoms with Gasteiger partial charge in [-0.2, -0.15) is 0 Å². The molecule has 1 aliphatic heterocycles. The van der Waals surface area contributed by atoms with E-state index in [0.717, 1.165) is 8.58 Å². The van der Waals surface area contributed by atoms with Crippen LogP contribution in [0, 0.1) is 12.6 Å². The first-order chi connectivity index (χ1) is 11.9. The molecule has 0 bridgehead atoms. The van der Waals surface area contributed by atoms with Crippen LogP contribution in [0.1, 0.15) is 42.5 Å². The van der Waals surface area contributed by atoms with Gasteiger partial charge in [0.05, 0.1) is 6.04 Å². The van der Waals surface area contributed by atoms with E-state index in [4.69, 9.17) is 4.99 Å². The number of nitrogens with zero attached hydrogens (tertiary/aromatic N) is 1. The molecule has 2 nitrogen and oxygen atoms in total. The van der Waals surface area contributed by atoms with E-state index < -0.39 is 0 Å². The molecule has 130 valence electrons. The quantitative estimate of drug-likeness (QED) is 0.447. The minimum Gasteiger partial charge on any atom is -0.364 e. The molecule has 2 aliphatic rings. The third-order valence-electron chi connectivity index (χ3n) is 5.33. The number of amidine groups is 1. The molecule has 1 N–H and O–H groups in total. The van der Waals surface area contributed by atoms with Crippen molar-refractivity contribution in [3.8, 4) is 0 Å². The van der Waals surface area contributed by atoms with E-state index in [1.807, 2.05) is 0 Å². The number of benzene rings is 2. The van der Waals surface area contributed by atoms with Crippen LogP contribution >= 0.6 is 8.58 Å². The molecule has 1 fully saturated rings. The zero-order valence-corrected chi connectivity index (χ0v) is 21.7. The predicted octanol–water partition coefficient (Wildman–Crippen LogP) is 5.10. The summed E-state index contributed by atoms with van der Waals surface area (Å²) in [6.07, 6.45) is 3.87. The van der Waals surface area contributed by atoms with Crippen molar-refractivity contribution < 1.29 is 65.4 Å². The molecule has 0 spiro atoms. The second-order valence-corrected chi connectivity index (χ2v) is 7.90. The molecule has 2 aromatic rings. The van der Waals surface area contributed by atoms with Gasteiger partial charge in [-0.1, -0.05) is 67.1 Å². The summed E-state index contributed by atoms with van der Waals surface area (Å²) < 4.78 is 0. The zero-order valence-electron chi connectivity index (χ0n) is 15.0. The van der Waals surface area contributed by atoms with E-state index in [1.165, 1.54) is 36.2 Å². The van der Waals surface area contributed by atoms with Gasteiger partial charge in [0.1, 0.15) is 11.9 Å². The summed E-state index contributed by atoms with van der Waals surface area (Å²) in [7, 11) is 0.765. The largest absolute Gasteiger partial charge is 0.364 e. The fourth-order valence-electron chi connectivity index (χ4n) is 4.08. The Morgan fingerprint density at radius 1 is 0.885 bits per heavy atom. The van der Waals surface area contributed by atoms with Crippen molar-refractivity contribution in [1.82, 2.24) is 5.32 Å². The minimum atomic E-state index is 0. The topological polar surface area (TPSA) is 24.4 Å². The summed E-state index contributed by atoms with van der Waals surface area (Å²) in [4.78, 5) is 5.18. The molecule has 1 aliphatic carbocycles.